The number of hydrogen-bond acceptors (Lipinski definition) is 3. The van der Waals surface area contributed by atoms with Crippen molar-refractivity contribution in [3.05, 3.63) is 28.2 Å². The van der Waals surface area contributed by atoms with Gasteiger partial charge in [0.05, 0.1) is 6.61 Å². The van der Waals surface area contributed by atoms with Crippen molar-refractivity contribution in [1.82, 2.24) is 0 Å². The maximum atomic E-state index is 5.59. The normalized spacial score (nSPS) is 10.3. The van der Waals surface area contributed by atoms with Crippen molar-refractivity contribution < 1.29 is 9.47 Å². The van der Waals surface area contributed by atoms with E-state index in [4.69, 9.17) is 15.2 Å². The second kappa shape index (κ2) is 6.82. The molecule has 0 saturated carbocycles. The number of hydrogen-bond donors (Lipinski definition) is 1. The zero-order valence-corrected chi connectivity index (χ0v) is 10.4. The fraction of sp³-hybridized carbons (Fsp3) is 0.455. The summed E-state index contributed by atoms with van der Waals surface area (Å²) in [5.41, 5.74) is 6.65. The maximum absolute atomic E-state index is 5.59. The van der Waals surface area contributed by atoms with Crippen LogP contribution >= 0.6 is 15.9 Å². The van der Waals surface area contributed by atoms with Crippen LogP contribution in [-0.2, 0) is 11.3 Å². The minimum absolute atomic E-state index is 0.510. The van der Waals surface area contributed by atoms with Crippen molar-refractivity contribution in [2.45, 2.75) is 13.0 Å². The van der Waals surface area contributed by atoms with Crippen LogP contribution in [0.4, 0.5) is 0 Å². The van der Waals surface area contributed by atoms with Crippen molar-refractivity contribution in [2.75, 3.05) is 20.3 Å². The molecule has 2 N–H and O–H groups in total. The summed E-state index contributed by atoms with van der Waals surface area (Å²) in [4.78, 5) is 0. The average Bonchev–Trinajstić information content (AvgIpc) is 2.26. The fourth-order valence-corrected chi connectivity index (χ4v) is 1.60. The van der Waals surface area contributed by atoms with Gasteiger partial charge >= 0.3 is 0 Å². The summed E-state index contributed by atoms with van der Waals surface area (Å²) >= 11 is 3.43. The van der Waals surface area contributed by atoms with Gasteiger partial charge in [-0.2, -0.15) is 0 Å². The van der Waals surface area contributed by atoms with Gasteiger partial charge in [-0.25, -0.2) is 0 Å². The molecule has 1 rings (SSSR count). The molecule has 3 nitrogen and oxygen atoms in total. The SMILES string of the molecule is COCCCOc1ccc(Br)c(CN)c1. The molecule has 0 heterocycles. The summed E-state index contributed by atoms with van der Waals surface area (Å²) in [6.45, 7) is 1.90. The van der Waals surface area contributed by atoms with Crippen molar-refractivity contribution in [1.29, 1.82) is 0 Å². The lowest BCUT2D eigenvalue weighted by Crippen LogP contribution is -2.03. The molecule has 15 heavy (non-hydrogen) atoms. The van der Waals surface area contributed by atoms with Gasteiger partial charge in [-0.3, -0.25) is 0 Å². The van der Waals surface area contributed by atoms with E-state index in [0.29, 0.717) is 13.2 Å². The fourth-order valence-electron chi connectivity index (χ4n) is 1.19. The van der Waals surface area contributed by atoms with Crippen molar-refractivity contribution in [3.63, 3.8) is 0 Å². The third kappa shape index (κ3) is 4.20. The van der Waals surface area contributed by atoms with Gasteiger partial charge in [0.25, 0.3) is 0 Å². The lowest BCUT2D eigenvalue weighted by atomic mass is 10.2. The summed E-state index contributed by atoms with van der Waals surface area (Å²) in [6.07, 6.45) is 0.893. The Hall–Kier alpha value is -0.580. The summed E-state index contributed by atoms with van der Waals surface area (Å²) in [5, 5.41) is 0. The Morgan fingerprint density at radius 3 is 2.80 bits per heavy atom. The lowest BCUT2D eigenvalue weighted by molar-refractivity contribution is 0.172. The van der Waals surface area contributed by atoms with Crippen LogP contribution in [0.2, 0.25) is 0 Å². The summed E-state index contributed by atoms with van der Waals surface area (Å²) in [5.74, 6) is 0.856. The highest BCUT2D eigenvalue weighted by Crippen LogP contribution is 2.22. The Morgan fingerprint density at radius 1 is 1.33 bits per heavy atom. The molecule has 0 fully saturated rings. The molecule has 84 valence electrons. The van der Waals surface area contributed by atoms with E-state index >= 15 is 0 Å². The van der Waals surface area contributed by atoms with Crippen LogP contribution in [0, 0.1) is 0 Å². The largest absolute Gasteiger partial charge is 0.493 e. The Morgan fingerprint density at radius 2 is 2.13 bits per heavy atom. The average molecular weight is 274 g/mol. The minimum atomic E-state index is 0.510. The van der Waals surface area contributed by atoms with Gasteiger partial charge in [0.1, 0.15) is 5.75 Å². The van der Waals surface area contributed by atoms with Crippen LogP contribution < -0.4 is 10.5 Å². The van der Waals surface area contributed by atoms with E-state index in [2.05, 4.69) is 15.9 Å². The smallest absolute Gasteiger partial charge is 0.119 e. The number of rotatable bonds is 6. The molecule has 0 bridgehead atoms. The van der Waals surface area contributed by atoms with Crippen LogP contribution in [-0.4, -0.2) is 20.3 Å². The van der Waals surface area contributed by atoms with E-state index in [1.54, 1.807) is 7.11 Å². The zero-order valence-electron chi connectivity index (χ0n) is 8.83. The molecule has 0 unspecified atom stereocenters. The number of halogens is 1. The van der Waals surface area contributed by atoms with E-state index in [1.807, 2.05) is 18.2 Å². The molecule has 0 aliphatic carbocycles. The lowest BCUT2D eigenvalue weighted by Gasteiger charge is -2.08. The van der Waals surface area contributed by atoms with Crippen LogP contribution in [0.1, 0.15) is 12.0 Å². The Balaban J connectivity index is 2.47. The minimum Gasteiger partial charge on any atom is -0.493 e. The first-order valence-corrected chi connectivity index (χ1v) is 5.67. The highest BCUT2D eigenvalue weighted by Gasteiger charge is 2.00. The van der Waals surface area contributed by atoms with E-state index in [9.17, 15) is 0 Å². The first-order chi connectivity index (χ1) is 7.27. The third-order valence-corrected chi connectivity index (χ3v) is 2.77. The van der Waals surface area contributed by atoms with Gasteiger partial charge in [0.2, 0.25) is 0 Å². The molecule has 0 aliphatic rings. The quantitative estimate of drug-likeness (QED) is 0.810. The van der Waals surface area contributed by atoms with Crippen molar-refractivity contribution in [2.24, 2.45) is 5.73 Å². The van der Waals surface area contributed by atoms with E-state index in [-0.39, 0.29) is 0 Å². The molecule has 1 aromatic rings. The van der Waals surface area contributed by atoms with Gasteiger partial charge in [-0.05, 0) is 23.8 Å². The molecule has 0 radical (unpaired) electrons. The molecule has 0 aromatic heterocycles. The topological polar surface area (TPSA) is 44.5 Å². The summed E-state index contributed by atoms with van der Waals surface area (Å²) in [6, 6.07) is 5.83. The zero-order chi connectivity index (χ0) is 11.1. The second-order valence-electron chi connectivity index (χ2n) is 3.15. The molecular weight excluding hydrogens is 258 g/mol. The molecular formula is C11H16BrNO2. The van der Waals surface area contributed by atoms with E-state index in [1.165, 1.54) is 0 Å². The van der Waals surface area contributed by atoms with Gasteiger partial charge in [-0.1, -0.05) is 15.9 Å². The standard InChI is InChI=1S/C11H16BrNO2/c1-14-5-2-6-15-10-3-4-11(12)9(7-10)8-13/h3-4,7H,2,5-6,8,13H2,1H3. The molecule has 0 spiro atoms. The van der Waals surface area contributed by atoms with Crippen LogP contribution in [0.25, 0.3) is 0 Å². The first-order valence-electron chi connectivity index (χ1n) is 4.88. The van der Waals surface area contributed by atoms with Crippen LogP contribution in [0.3, 0.4) is 0 Å². The molecule has 4 heteroatoms. The van der Waals surface area contributed by atoms with Gasteiger partial charge < -0.3 is 15.2 Å². The Bertz CT molecular complexity index is 305. The number of nitrogens with two attached hydrogens (primary N) is 1. The van der Waals surface area contributed by atoms with Crippen molar-refractivity contribution in [3.8, 4) is 5.75 Å². The van der Waals surface area contributed by atoms with E-state index in [0.717, 1.165) is 28.8 Å². The first kappa shape index (κ1) is 12.5. The van der Waals surface area contributed by atoms with Gasteiger partial charge in [-0.15, -0.1) is 0 Å². The Kier molecular flexibility index (Phi) is 5.68. The van der Waals surface area contributed by atoms with Crippen LogP contribution in [0.5, 0.6) is 5.75 Å². The second-order valence-corrected chi connectivity index (χ2v) is 4.01. The van der Waals surface area contributed by atoms with E-state index < -0.39 is 0 Å². The molecule has 0 saturated heterocycles. The molecule has 0 aliphatic heterocycles. The van der Waals surface area contributed by atoms with Crippen molar-refractivity contribution >= 4 is 15.9 Å². The predicted octanol–water partition coefficient (Wildman–Crippen LogP) is 2.32. The predicted molar refractivity (Wildman–Crippen MR) is 64.0 cm³/mol. The third-order valence-electron chi connectivity index (χ3n) is 2.00. The van der Waals surface area contributed by atoms with Gasteiger partial charge in [0, 0.05) is 31.2 Å². The molecule has 0 amide bonds. The maximum Gasteiger partial charge on any atom is 0.119 e. The highest BCUT2D eigenvalue weighted by atomic mass is 79.9. The van der Waals surface area contributed by atoms with Gasteiger partial charge in [0.15, 0.2) is 0 Å². The monoisotopic (exact) mass is 273 g/mol. The number of ether oxygens (including phenoxy) is 2. The number of benzene rings is 1. The Labute approximate surface area is 98.7 Å². The van der Waals surface area contributed by atoms with Crippen LogP contribution in [0.15, 0.2) is 22.7 Å². The summed E-state index contributed by atoms with van der Waals surface area (Å²) < 4.78 is 11.5. The molecule has 1 aromatic carbocycles. The highest BCUT2D eigenvalue weighted by molar-refractivity contribution is 9.10. The summed E-state index contributed by atoms with van der Waals surface area (Å²) in [7, 11) is 1.69. The molecule has 0 atom stereocenters. The number of methoxy groups -OCH3 is 1.